The van der Waals surface area contributed by atoms with E-state index in [1.165, 1.54) is 12.1 Å². The fraction of sp³-hybridized carbons (Fsp3) is 0.375. The lowest BCUT2D eigenvalue weighted by atomic mass is 9.91. The Labute approximate surface area is 175 Å². The van der Waals surface area contributed by atoms with Gasteiger partial charge in [0.1, 0.15) is 5.82 Å². The highest BCUT2D eigenvalue weighted by Gasteiger charge is 2.30. The number of nitrogens with one attached hydrogen (secondary N) is 1. The molecule has 0 spiro atoms. The SMILES string of the molecule is O=C(NC1CCC1)C1=C[C@H](c2ccc(F)cc2)C[C@H](OCc2ccc(CO)cc2)O1. The Bertz CT molecular complexity index is 890. The number of allylic oxidation sites excluding steroid dienone is 1. The average molecular weight is 411 g/mol. The fourth-order valence-electron chi connectivity index (χ4n) is 3.60. The Kier molecular flexibility index (Phi) is 6.45. The maximum absolute atomic E-state index is 13.3. The Morgan fingerprint density at radius 2 is 1.80 bits per heavy atom. The van der Waals surface area contributed by atoms with Gasteiger partial charge in [0.15, 0.2) is 5.76 Å². The molecule has 1 saturated carbocycles. The van der Waals surface area contributed by atoms with Crippen LogP contribution >= 0.6 is 0 Å². The third-order valence-electron chi connectivity index (χ3n) is 5.66. The van der Waals surface area contributed by atoms with Crippen molar-refractivity contribution in [1.82, 2.24) is 5.32 Å². The molecule has 2 atom stereocenters. The van der Waals surface area contributed by atoms with Crippen LogP contribution in [0.4, 0.5) is 4.39 Å². The van der Waals surface area contributed by atoms with Crippen LogP contribution in [-0.4, -0.2) is 23.3 Å². The van der Waals surface area contributed by atoms with Gasteiger partial charge in [-0.05, 0) is 54.2 Å². The number of carbonyl (C=O) groups excluding carboxylic acids is 1. The minimum absolute atomic E-state index is 0.00349. The molecular formula is C24H26FNO4. The zero-order chi connectivity index (χ0) is 20.9. The maximum atomic E-state index is 13.3. The molecular weight excluding hydrogens is 385 g/mol. The van der Waals surface area contributed by atoms with Crippen molar-refractivity contribution in [3.05, 3.63) is 82.9 Å². The molecule has 1 heterocycles. The molecule has 0 saturated heterocycles. The second-order valence-electron chi connectivity index (χ2n) is 7.86. The van der Waals surface area contributed by atoms with E-state index in [0.717, 1.165) is 36.0 Å². The van der Waals surface area contributed by atoms with E-state index in [0.29, 0.717) is 13.0 Å². The minimum atomic E-state index is -0.593. The first kappa shape index (κ1) is 20.6. The van der Waals surface area contributed by atoms with Crippen molar-refractivity contribution in [1.29, 1.82) is 0 Å². The molecule has 2 aliphatic rings. The Balaban J connectivity index is 1.46. The van der Waals surface area contributed by atoms with Crippen LogP contribution in [0.2, 0.25) is 0 Å². The van der Waals surface area contributed by atoms with E-state index in [1.54, 1.807) is 18.2 Å². The Morgan fingerprint density at radius 1 is 1.10 bits per heavy atom. The summed E-state index contributed by atoms with van der Waals surface area (Å²) in [5.41, 5.74) is 2.70. The molecule has 30 heavy (non-hydrogen) atoms. The van der Waals surface area contributed by atoms with E-state index < -0.39 is 6.29 Å². The molecule has 4 rings (SSSR count). The summed E-state index contributed by atoms with van der Waals surface area (Å²) in [7, 11) is 0. The summed E-state index contributed by atoms with van der Waals surface area (Å²) in [5, 5.41) is 12.2. The van der Waals surface area contributed by atoms with Crippen molar-refractivity contribution in [3.8, 4) is 0 Å². The first-order valence-electron chi connectivity index (χ1n) is 10.4. The molecule has 158 valence electrons. The molecule has 6 heteroatoms. The molecule has 0 bridgehead atoms. The molecule has 0 unspecified atom stereocenters. The predicted molar refractivity (Wildman–Crippen MR) is 110 cm³/mol. The fourth-order valence-corrected chi connectivity index (χ4v) is 3.60. The molecule has 1 amide bonds. The Hall–Kier alpha value is -2.70. The maximum Gasteiger partial charge on any atom is 0.286 e. The van der Waals surface area contributed by atoms with Crippen LogP contribution < -0.4 is 5.32 Å². The van der Waals surface area contributed by atoms with Gasteiger partial charge in [0.05, 0.1) is 13.2 Å². The van der Waals surface area contributed by atoms with E-state index in [4.69, 9.17) is 14.6 Å². The van der Waals surface area contributed by atoms with E-state index in [-0.39, 0.29) is 36.1 Å². The number of aliphatic hydroxyl groups is 1. The molecule has 0 radical (unpaired) electrons. The summed E-state index contributed by atoms with van der Waals surface area (Å²) in [6, 6.07) is 14.0. The van der Waals surface area contributed by atoms with E-state index >= 15 is 0 Å². The second-order valence-corrected chi connectivity index (χ2v) is 7.86. The normalized spacial score (nSPS) is 21.3. The number of carbonyl (C=O) groups is 1. The summed E-state index contributed by atoms with van der Waals surface area (Å²) in [6.45, 7) is 0.320. The third kappa shape index (κ3) is 5.07. The lowest BCUT2D eigenvalue weighted by Gasteiger charge is -2.31. The first-order valence-corrected chi connectivity index (χ1v) is 10.4. The number of hydrogen-bond donors (Lipinski definition) is 2. The van der Waals surface area contributed by atoms with Crippen molar-refractivity contribution in [2.45, 2.75) is 57.1 Å². The molecule has 2 N–H and O–H groups in total. The van der Waals surface area contributed by atoms with Crippen molar-refractivity contribution in [2.24, 2.45) is 0 Å². The van der Waals surface area contributed by atoms with Gasteiger partial charge in [-0.2, -0.15) is 0 Å². The van der Waals surface area contributed by atoms with Crippen LogP contribution in [0.15, 0.2) is 60.4 Å². The van der Waals surface area contributed by atoms with Crippen LogP contribution in [0.5, 0.6) is 0 Å². The highest BCUT2D eigenvalue weighted by atomic mass is 19.1. The summed E-state index contributed by atoms with van der Waals surface area (Å²) >= 11 is 0. The molecule has 5 nitrogen and oxygen atoms in total. The summed E-state index contributed by atoms with van der Waals surface area (Å²) in [5.74, 6) is -0.379. The lowest BCUT2D eigenvalue weighted by Crippen LogP contribution is -2.42. The zero-order valence-electron chi connectivity index (χ0n) is 16.7. The predicted octanol–water partition coefficient (Wildman–Crippen LogP) is 3.92. The van der Waals surface area contributed by atoms with Gasteiger partial charge in [0.25, 0.3) is 5.91 Å². The van der Waals surface area contributed by atoms with Crippen molar-refractivity contribution in [2.75, 3.05) is 0 Å². The zero-order valence-corrected chi connectivity index (χ0v) is 16.7. The molecule has 2 aromatic rings. The van der Waals surface area contributed by atoms with Gasteiger partial charge in [-0.15, -0.1) is 0 Å². The monoisotopic (exact) mass is 411 g/mol. The summed E-state index contributed by atoms with van der Waals surface area (Å²) in [6.07, 6.45) is 4.85. The largest absolute Gasteiger partial charge is 0.459 e. The van der Waals surface area contributed by atoms with E-state index in [1.807, 2.05) is 24.3 Å². The standard InChI is InChI=1S/C24H26FNO4/c25-20-10-8-18(9-11-20)19-12-22(24(28)26-21-2-1-3-21)30-23(13-19)29-15-17-6-4-16(14-27)5-7-17/h4-12,19,21,23,27H,1-3,13-15H2,(H,26,28)/t19-,23+/m0/s1. The Morgan fingerprint density at radius 3 is 2.43 bits per heavy atom. The van der Waals surface area contributed by atoms with E-state index in [2.05, 4.69) is 5.32 Å². The van der Waals surface area contributed by atoms with Crippen molar-refractivity contribution < 1.29 is 23.8 Å². The second kappa shape index (κ2) is 9.41. The quantitative estimate of drug-likeness (QED) is 0.725. The van der Waals surface area contributed by atoms with Crippen LogP contribution in [0, 0.1) is 5.82 Å². The highest BCUT2D eigenvalue weighted by Crippen LogP contribution is 2.32. The van der Waals surface area contributed by atoms with Crippen LogP contribution in [-0.2, 0) is 27.5 Å². The first-order chi connectivity index (χ1) is 14.6. The topological polar surface area (TPSA) is 67.8 Å². The molecule has 2 aromatic carbocycles. The van der Waals surface area contributed by atoms with Crippen molar-refractivity contribution in [3.63, 3.8) is 0 Å². The third-order valence-corrected chi connectivity index (χ3v) is 5.66. The van der Waals surface area contributed by atoms with Crippen molar-refractivity contribution >= 4 is 5.91 Å². The molecule has 1 aliphatic carbocycles. The average Bonchev–Trinajstić information content (AvgIpc) is 2.75. The smallest absolute Gasteiger partial charge is 0.286 e. The number of ether oxygens (including phenoxy) is 2. The molecule has 0 aromatic heterocycles. The van der Waals surface area contributed by atoms with Gasteiger partial charge in [0.2, 0.25) is 6.29 Å². The van der Waals surface area contributed by atoms with Crippen LogP contribution in [0.3, 0.4) is 0 Å². The number of aliphatic hydroxyl groups excluding tert-OH is 1. The van der Waals surface area contributed by atoms with Gasteiger partial charge in [-0.3, -0.25) is 4.79 Å². The number of benzene rings is 2. The van der Waals surface area contributed by atoms with Gasteiger partial charge in [-0.25, -0.2) is 4.39 Å². The van der Waals surface area contributed by atoms with Crippen LogP contribution in [0.1, 0.15) is 48.3 Å². The lowest BCUT2D eigenvalue weighted by molar-refractivity contribution is -0.150. The molecule has 1 aliphatic heterocycles. The van der Waals surface area contributed by atoms with E-state index in [9.17, 15) is 9.18 Å². The van der Waals surface area contributed by atoms with Gasteiger partial charge >= 0.3 is 0 Å². The number of halogens is 1. The minimum Gasteiger partial charge on any atom is -0.459 e. The van der Waals surface area contributed by atoms with Gasteiger partial charge < -0.3 is 19.9 Å². The number of rotatable bonds is 7. The number of hydrogen-bond acceptors (Lipinski definition) is 4. The summed E-state index contributed by atoms with van der Waals surface area (Å²) in [4.78, 5) is 12.7. The van der Waals surface area contributed by atoms with Gasteiger partial charge in [0, 0.05) is 18.4 Å². The summed E-state index contributed by atoms with van der Waals surface area (Å²) < 4.78 is 25.2. The molecule has 1 fully saturated rings. The van der Waals surface area contributed by atoms with Gasteiger partial charge in [-0.1, -0.05) is 36.4 Å². The highest BCUT2D eigenvalue weighted by molar-refractivity contribution is 5.92. The van der Waals surface area contributed by atoms with Crippen LogP contribution in [0.25, 0.3) is 0 Å². The number of amides is 1.